The zero-order chi connectivity index (χ0) is 18.0. The van der Waals surface area contributed by atoms with Crippen LogP contribution in [0.2, 0.25) is 0 Å². The molecule has 0 amide bonds. The minimum atomic E-state index is -4.51. The molecule has 0 aliphatic heterocycles. The van der Waals surface area contributed by atoms with Crippen LogP contribution in [0.4, 0.5) is 26.3 Å². The summed E-state index contributed by atoms with van der Waals surface area (Å²) < 4.78 is 95.6. The van der Waals surface area contributed by atoms with Crippen molar-refractivity contribution in [1.29, 1.82) is 0 Å². The monoisotopic (exact) mass is 370 g/mol. The fourth-order valence-electron chi connectivity index (χ4n) is 1.64. The first kappa shape index (κ1) is 18.2. The fourth-order valence-corrected chi connectivity index (χ4v) is 2.34. The average Bonchev–Trinajstić information content (AvgIpc) is 2.46. The largest absolute Gasteiger partial charge is 0.418 e. The van der Waals surface area contributed by atoms with Gasteiger partial charge in [-0.05, 0) is 48.5 Å². The van der Waals surface area contributed by atoms with E-state index in [4.69, 9.17) is 9.05 Å². The standard InChI is InChI=1S/C14H9F6O3P/c15-13(16,17)9-1-5-11(6-2-9)22-24(21)23-12-7-3-10(4-8-12)14(18,19)20/h1-8,24H. The predicted molar refractivity (Wildman–Crippen MR) is 73.1 cm³/mol. The molecule has 2 rings (SSSR count). The molecule has 0 atom stereocenters. The van der Waals surface area contributed by atoms with Crippen LogP contribution in [0.1, 0.15) is 11.1 Å². The maximum Gasteiger partial charge on any atom is 0.418 e. The van der Waals surface area contributed by atoms with Gasteiger partial charge in [0.05, 0.1) is 11.1 Å². The Kier molecular flexibility index (Phi) is 5.13. The highest BCUT2D eigenvalue weighted by Crippen LogP contribution is 2.35. The lowest BCUT2D eigenvalue weighted by Crippen LogP contribution is -2.04. The third kappa shape index (κ3) is 4.92. The SMILES string of the molecule is O=[PH](Oc1ccc(C(F)(F)F)cc1)Oc1ccc(C(F)(F)F)cc1. The van der Waals surface area contributed by atoms with Gasteiger partial charge >= 0.3 is 20.6 Å². The van der Waals surface area contributed by atoms with Gasteiger partial charge in [0.15, 0.2) is 0 Å². The smallest absolute Gasteiger partial charge is 0.418 e. The quantitative estimate of drug-likeness (QED) is 0.521. The summed E-state index contributed by atoms with van der Waals surface area (Å²) in [6.07, 6.45) is -9.03. The molecular formula is C14H9F6O3P. The zero-order valence-electron chi connectivity index (χ0n) is 11.6. The van der Waals surface area contributed by atoms with E-state index in [0.29, 0.717) is 0 Å². The van der Waals surface area contributed by atoms with E-state index >= 15 is 0 Å². The molecule has 2 aromatic carbocycles. The Labute approximate surface area is 132 Å². The predicted octanol–water partition coefficient (Wildman–Crippen LogP) is 5.57. The Morgan fingerprint density at radius 1 is 0.625 bits per heavy atom. The highest BCUT2D eigenvalue weighted by atomic mass is 31.1. The zero-order valence-corrected chi connectivity index (χ0v) is 12.6. The van der Waals surface area contributed by atoms with Crippen molar-refractivity contribution in [2.75, 3.05) is 0 Å². The summed E-state index contributed by atoms with van der Waals surface area (Å²) in [5, 5.41) is 0. The van der Waals surface area contributed by atoms with Crippen molar-refractivity contribution in [2.24, 2.45) is 0 Å². The van der Waals surface area contributed by atoms with Gasteiger partial charge in [-0.2, -0.15) is 26.3 Å². The molecule has 10 heteroatoms. The summed E-state index contributed by atoms with van der Waals surface area (Å²) >= 11 is 0. The van der Waals surface area contributed by atoms with Gasteiger partial charge in [0.1, 0.15) is 11.5 Å². The van der Waals surface area contributed by atoms with Gasteiger partial charge in [-0.1, -0.05) is 0 Å². The summed E-state index contributed by atoms with van der Waals surface area (Å²) in [5.74, 6) is -0.252. The van der Waals surface area contributed by atoms with Gasteiger partial charge < -0.3 is 9.05 Å². The number of halogens is 6. The number of benzene rings is 2. The van der Waals surface area contributed by atoms with E-state index < -0.39 is 31.7 Å². The second-order valence-corrected chi connectivity index (χ2v) is 5.41. The fraction of sp³-hybridized carbons (Fsp3) is 0.143. The van der Waals surface area contributed by atoms with Gasteiger partial charge in [-0.3, -0.25) is 0 Å². The molecule has 0 fully saturated rings. The van der Waals surface area contributed by atoms with Crippen LogP contribution in [0.3, 0.4) is 0 Å². The van der Waals surface area contributed by atoms with Crippen LogP contribution >= 0.6 is 8.25 Å². The van der Waals surface area contributed by atoms with E-state index in [9.17, 15) is 30.9 Å². The summed E-state index contributed by atoms with van der Waals surface area (Å²) in [4.78, 5) is 0. The van der Waals surface area contributed by atoms with Crippen molar-refractivity contribution in [2.45, 2.75) is 12.4 Å². The Balaban J connectivity index is 1.98. The van der Waals surface area contributed by atoms with Crippen LogP contribution < -0.4 is 9.05 Å². The highest BCUT2D eigenvalue weighted by molar-refractivity contribution is 7.34. The molecule has 0 spiro atoms. The van der Waals surface area contributed by atoms with Crippen molar-refractivity contribution in [3.63, 3.8) is 0 Å². The van der Waals surface area contributed by atoms with Crippen molar-refractivity contribution >= 4 is 8.25 Å². The molecule has 0 aromatic heterocycles. The van der Waals surface area contributed by atoms with Crippen LogP contribution in [-0.2, 0) is 16.9 Å². The lowest BCUT2D eigenvalue weighted by atomic mass is 10.2. The topological polar surface area (TPSA) is 35.5 Å². The molecule has 0 saturated heterocycles. The Bertz CT molecular complexity index is 646. The van der Waals surface area contributed by atoms with Crippen LogP contribution in [0.25, 0.3) is 0 Å². The van der Waals surface area contributed by atoms with Crippen molar-refractivity contribution in [1.82, 2.24) is 0 Å². The first-order valence-electron chi connectivity index (χ1n) is 6.30. The molecule has 0 N–H and O–H groups in total. The third-order valence-electron chi connectivity index (χ3n) is 2.77. The second kappa shape index (κ2) is 6.76. The van der Waals surface area contributed by atoms with E-state index in [2.05, 4.69) is 0 Å². The van der Waals surface area contributed by atoms with Crippen LogP contribution in [-0.4, -0.2) is 0 Å². The highest BCUT2D eigenvalue weighted by Gasteiger charge is 2.31. The molecule has 0 heterocycles. The normalized spacial score (nSPS) is 12.3. The second-order valence-electron chi connectivity index (χ2n) is 4.50. The number of hydrogen-bond donors (Lipinski definition) is 0. The third-order valence-corrected chi connectivity index (χ3v) is 3.57. The first-order chi connectivity index (χ1) is 11.1. The van der Waals surface area contributed by atoms with Crippen LogP contribution in [0.15, 0.2) is 48.5 Å². The van der Waals surface area contributed by atoms with Gasteiger partial charge in [0, 0.05) is 0 Å². The van der Waals surface area contributed by atoms with E-state index in [0.717, 1.165) is 48.5 Å². The van der Waals surface area contributed by atoms with Gasteiger partial charge in [0.2, 0.25) is 0 Å². The molecule has 3 nitrogen and oxygen atoms in total. The van der Waals surface area contributed by atoms with Gasteiger partial charge in [0.25, 0.3) is 0 Å². The summed E-state index contributed by atoms with van der Waals surface area (Å²) in [6, 6.07) is 6.79. The molecule has 0 radical (unpaired) electrons. The molecule has 2 aromatic rings. The van der Waals surface area contributed by atoms with Crippen molar-refractivity contribution in [3.05, 3.63) is 59.7 Å². The van der Waals surface area contributed by atoms with Crippen LogP contribution in [0.5, 0.6) is 11.5 Å². The molecule has 0 unspecified atom stereocenters. The minimum Gasteiger partial charge on any atom is -0.418 e. The molecule has 0 bridgehead atoms. The number of alkyl halides is 6. The average molecular weight is 370 g/mol. The molecule has 130 valence electrons. The summed E-state index contributed by atoms with van der Waals surface area (Å²) in [5.41, 5.74) is -1.81. The molecule has 0 aliphatic rings. The Hall–Kier alpha value is -2.15. The molecule has 24 heavy (non-hydrogen) atoms. The first-order valence-corrected chi connectivity index (χ1v) is 7.52. The number of hydrogen-bond acceptors (Lipinski definition) is 3. The summed E-state index contributed by atoms with van der Waals surface area (Å²) in [6.45, 7) is 0. The van der Waals surface area contributed by atoms with E-state index in [1.807, 2.05) is 0 Å². The molecular weight excluding hydrogens is 361 g/mol. The minimum absolute atomic E-state index is 0.126. The van der Waals surface area contributed by atoms with E-state index in [-0.39, 0.29) is 11.5 Å². The van der Waals surface area contributed by atoms with Gasteiger partial charge in [-0.15, -0.1) is 0 Å². The Morgan fingerprint density at radius 3 is 1.17 bits per heavy atom. The van der Waals surface area contributed by atoms with Crippen molar-refractivity contribution in [3.8, 4) is 11.5 Å². The van der Waals surface area contributed by atoms with E-state index in [1.54, 1.807) is 0 Å². The lowest BCUT2D eigenvalue weighted by Gasteiger charge is -2.11. The van der Waals surface area contributed by atoms with Crippen LogP contribution in [0, 0.1) is 0 Å². The van der Waals surface area contributed by atoms with E-state index in [1.165, 1.54) is 0 Å². The van der Waals surface area contributed by atoms with Crippen molar-refractivity contribution < 1.29 is 40.0 Å². The summed E-state index contributed by atoms with van der Waals surface area (Å²) in [7, 11) is -3.20. The Morgan fingerprint density at radius 2 is 0.917 bits per heavy atom. The van der Waals surface area contributed by atoms with Gasteiger partial charge in [-0.25, -0.2) is 4.57 Å². The number of rotatable bonds is 4. The maximum atomic E-state index is 12.4. The molecule has 0 saturated carbocycles. The molecule has 0 aliphatic carbocycles. The lowest BCUT2D eigenvalue weighted by molar-refractivity contribution is -0.138. The maximum absolute atomic E-state index is 12.4.